The monoisotopic (exact) mass is 634 g/mol. The number of benzene rings is 3. The molecule has 0 saturated carbocycles. The van der Waals surface area contributed by atoms with Gasteiger partial charge in [0.15, 0.2) is 46.5 Å². The van der Waals surface area contributed by atoms with Crippen LogP contribution in [0.5, 0.6) is 0 Å². The minimum Gasteiger partial charge on any atom is -0.479 e. The van der Waals surface area contributed by atoms with E-state index in [9.17, 15) is 49.8 Å². The molecular formula is C29H20F10N2O3. The normalized spacial score (nSPS) is 14.4. The molecule has 1 unspecified atom stereocenters. The summed E-state index contributed by atoms with van der Waals surface area (Å²) in [7, 11) is 0. The van der Waals surface area contributed by atoms with Crippen LogP contribution in [0.1, 0.15) is 37.5 Å². The number of amides is 1. The van der Waals surface area contributed by atoms with E-state index in [1.54, 1.807) is 0 Å². The fourth-order valence-electron chi connectivity index (χ4n) is 5.40. The summed E-state index contributed by atoms with van der Waals surface area (Å²) < 4.78 is 144. The number of fused-ring (bicyclic) bond motifs is 1. The fraction of sp³-hybridized carbons (Fsp3) is 0.241. The molecule has 4 aromatic rings. The molecule has 0 fully saturated rings. The van der Waals surface area contributed by atoms with E-state index in [1.165, 1.54) is 24.3 Å². The van der Waals surface area contributed by atoms with Crippen molar-refractivity contribution in [3.8, 4) is 0 Å². The second-order valence-electron chi connectivity index (χ2n) is 10.3. The van der Waals surface area contributed by atoms with E-state index in [0.29, 0.717) is 6.92 Å². The standard InChI is InChI=1S/C29H20F10N2O3/c1-11(42)41(10-14-19(32)23(36)26(39)24(37)20(14)33)29(3,27(43)44)28(2,15-9-40-16-7-5-4-6-12(15)16)8-13-17(30)21(34)25(38)22(35)18(13)31/h4-7,9,40H,8,10H2,1-3H3,(H,43,44)/t28?,29-/m0/s1. The van der Waals surface area contributed by atoms with Crippen molar-refractivity contribution in [2.75, 3.05) is 0 Å². The van der Waals surface area contributed by atoms with Crippen LogP contribution in [0, 0.1) is 58.2 Å². The Balaban J connectivity index is 2.09. The number of nitrogens with one attached hydrogen (secondary N) is 1. The van der Waals surface area contributed by atoms with Gasteiger partial charge in [0, 0.05) is 40.6 Å². The van der Waals surface area contributed by atoms with Crippen LogP contribution in [-0.4, -0.2) is 32.4 Å². The number of hydrogen-bond donors (Lipinski definition) is 2. The highest BCUT2D eigenvalue weighted by molar-refractivity contribution is 5.91. The summed E-state index contributed by atoms with van der Waals surface area (Å²) in [6.45, 7) is 0.820. The zero-order valence-corrected chi connectivity index (χ0v) is 22.8. The third kappa shape index (κ3) is 4.65. The molecule has 3 aromatic carbocycles. The van der Waals surface area contributed by atoms with Crippen molar-refractivity contribution in [3.05, 3.63) is 105 Å². The van der Waals surface area contributed by atoms with Crippen LogP contribution >= 0.6 is 0 Å². The summed E-state index contributed by atoms with van der Waals surface area (Å²) in [5.74, 6) is -27.4. The number of aliphatic carboxylic acids is 1. The number of aromatic nitrogens is 1. The van der Waals surface area contributed by atoms with E-state index < -0.39 is 105 Å². The number of halogens is 10. The summed E-state index contributed by atoms with van der Waals surface area (Å²) >= 11 is 0. The van der Waals surface area contributed by atoms with Crippen LogP contribution in [0.3, 0.4) is 0 Å². The van der Waals surface area contributed by atoms with E-state index in [4.69, 9.17) is 0 Å². The van der Waals surface area contributed by atoms with Crippen molar-refractivity contribution >= 4 is 22.8 Å². The SMILES string of the molecule is CC(=O)N(Cc1c(F)c(F)c(F)c(F)c1F)[C@@](C)(C(=O)O)C(C)(Cc1c(F)c(F)c(F)c(F)c1F)c1c[nH]c2ccccc12. The van der Waals surface area contributed by atoms with Crippen molar-refractivity contribution in [2.45, 2.75) is 44.7 Å². The van der Waals surface area contributed by atoms with Gasteiger partial charge in [0.25, 0.3) is 0 Å². The van der Waals surface area contributed by atoms with Gasteiger partial charge < -0.3 is 15.0 Å². The molecule has 5 nitrogen and oxygen atoms in total. The van der Waals surface area contributed by atoms with Gasteiger partial charge in [0.1, 0.15) is 5.54 Å². The molecule has 1 amide bonds. The van der Waals surface area contributed by atoms with Crippen molar-refractivity contribution in [1.29, 1.82) is 0 Å². The number of aromatic amines is 1. The second kappa shape index (κ2) is 11.2. The molecule has 0 bridgehead atoms. The predicted octanol–water partition coefficient (Wildman–Crippen LogP) is 6.95. The Labute approximate surface area is 241 Å². The van der Waals surface area contributed by atoms with Crippen molar-refractivity contribution < 1.29 is 58.6 Å². The molecule has 4 rings (SSSR count). The molecule has 0 saturated heterocycles. The molecule has 0 aliphatic rings. The zero-order chi connectivity index (χ0) is 33.0. The lowest BCUT2D eigenvalue weighted by Gasteiger charge is -2.50. The largest absolute Gasteiger partial charge is 0.479 e. The van der Waals surface area contributed by atoms with Gasteiger partial charge in [-0.25, -0.2) is 48.7 Å². The molecule has 1 aromatic heterocycles. The number of rotatable bonds is 8. The Hall–Kier alpha value is -4.56. The number of carbonyl (C=O) groups excluding carboxylic acids is 1. The van der Waals surface area contributed by atoms with E-state index in [0.717, 1.165) is 20.0 Å². The molecule has 2 N–H and O–H groups in total. The highest BCUT2D eigenvalue weighted by atomic mass is 19.2. The summed E-state index contributed by atoms with van der Waals surface area (Å²) in [6.07, 6.45) is -0.209. The molecule has 2 atom stereocenters. The maximum absolute atomic E-state index is 15.0. The Bertz CT molecular complexity index is 1780. The molecule has 0 spiro atoms. The van der Waals surface area contributed by atoms with Crippen molar-refractivity contribution in [1.82, 2.24) is 9.88 Å². The first-order chi connectivity index (χ1) is 20.4. The van der Waals surface area contributed by atoms with Gasteiger partial charge in [0.2, 0.25) is 17.5 Å². The van der Waals surface area contributed by atoms with E-state index in [1.807, 2.05) is 0 Å². The Morgan fingerprint density at radius 1 is 0.727 bits per heavy atom. The summed E-state index contributed by atoms with van der Waals surface area (Å²) in [5, 5.41) is 10.7. The van der Waals surface area contributed by atoms with Gasteiger partial charge in [-0.3, -0.25) is 4.79 Å². The molecular weight excluding hydrogens is 614 g/mol. The van der Waals surface area contributed by atoms with Crippen LogP contribution in [-0.2, 0) is 28.0 Å². The number of para-hydroxylation sites is 1. The Morgan fingerprint density at radius 2 is 1.16 bits per heavy atom. The first-order valence-corrected chi connectivity index (χ1v) is 12.5. The average molecular weight is 634 g/mol. The number of hydrogen-bond acceptors (Lipinski definition) is 2. The van der Waals surface area contributed by atoms with Gasteiger partial charge in [-0.15, -0.1) is 0 Å². The lowest BCUT2D eigenvalue weighted by atomic mass is 9.62. The lowest BCUT2D eigenvalue weighted by Crippen LogP contribution is -2.66. The van der Waals surface area contributed by atoms with Gasteiger partial charge in [0.05, 0.1) is 6.54 Å². The molecule has 234 valence electrons. The summed E-state index contributed by atoms with van der Waals surface area (Å²) in [6, 6.07) is 5.86. The fourth-order valence-corrected chi connectivity index (χ4v) is 5.40. The van der Waals surface area contributed by atoms with Gasteiger partial charge >= 0.3 is 5.97 Å². The molecule has 1 heterocycles. The maximum atomic E-state index is 15.0. The second-order valence-corrected chi connectivity index (χ2v) is 10.3. The van der Waals surface area contributed by atoms with E-state index in [2.05, 4.69) is 4.98 Å². The molecule has 0 aliphatic heterocycles. The minimum absolute atomic E-state index is 0.145. The third-order valence-electron chi connectivity index (χ3n) is 8.04. The van der Waals surface area contributed by atoms with Crippen LogP contribution in [0.25, 0.3) is 10.9 Å². The zero-order valence-electron chi connectivity index (χ0n) is 22.8. The predicted molar refractivity (Wildman–Crippen MR) is 134 cm³/mol. The number of carboxylic acid groups (broad SMARTS) is 1. The maximum Gasteiger partial charge on any atom is 0.330 e. The van der Waals surface area contributed by atoms with Crippen LogP contribution in [0.2, 0.25) is 0 Å². The molecule has 15 heteroatoms. The first kappa shape index (κ1) is 32.4. The minimum atomic E-state index is -2.95. The summed E-state index contributed by atoms with van der Waals surface area (Å²) in [4.78, 5) is 29.1. The molecule has 0 radical (unpaired) electrons. The smallest absolute Gasteiger partial charge is 0.330 e. The van der Waals surface area contributed by atoms with E-state index >= 15 is 8.78 Å². The Kier molecular flexibility index (Phi) is 8.22. The lowest BCUT2D eigenvalue weighted by molar-refractivity contribution is -0.164. The number of nitrogens with zero attached hydrogens (tertiary/aromatic N) is 1. The van der Waals surface area contributed by atoms with Gasteiger partial charge in [-0.1, -0.05) is 25.1 Å². The molecule has 44 heavy (non-hydrogen) atoms. The highest BCUT2D eigenvalue weighted by Crippen LogP contribution is 2.47. The first-order valence-electron chi connectivity index (χ1n) is 12.5. The van der Waals surface area contributed by atoms with Crippen molar-refractivity contribution in [3.63, 3.8) is 0 Å². The van der Waals surface area contributed by atoms with Crippen LogP contribution in [0.4, 0.5) is 43.9 Å². The summed E-state index contributed by atoms with van der Waals surface area (Å²) in [5.41, 5.74) is -8.43. The van der Waals surface area contributed by atoms with E-state index in [-0.39, 0.29) is 21.4 Å². The highest BCUT2D eigenvalue weighted by Gasteiger charge is 2.58. The average Bonchev–Trinajstić information content (AvgIpc) is 3.43. The quantitative estimate of drug-likeness (QED) is 0.125. The van der Waals surface area contributed by atoms with Gasteiger partial charge in [-0.05, 0) is 25.0 Å². The number of H-pyrrole nitrogens is 1. The Morgan fingerprint density at radius 3 is 1.61 bits per heavy atom. The van der Waals surface area contributed by atoms with Gasteiger partial charge in [-0.2, -0.15) is 0 Å². The van der Waals surface area contributed by atoms with Crippen molar-refractivity contribution in [2.24, 2.45) is 0 Å². The third-order valence-corrected chi connectivity index (χ3v) is 8.04. The molecule has 0 aliphatic carbocycles. The number of carboxylic acids is 1. The number of carbonyl (C=O) groups is 2. The topological polar surface area (TPSA) is 73.4 Å². The van der Waals surface area contributed by atoms with Crippen LogP contribution in [0.15, 0.2) is 30.5 Å². The van der Waals surface area contributed by atoms with Crippen LogP contribution < -0.4 is 0 Å².